The van der Waals surface area contributed by atoms with Gasteiger partial charge in [-0.1, -0.05) is 59.7 Å². The normalized spacial score (nSPS) is 12.8. The maximum atomic E-state index is 11.1. The number of nitrogens with two attached hydrogens (primary N) is 1. The minimum atomic E-state index is -0.467. The topological polar surface area (TPSA) is 71.8 Å². The maximum Gasteiger partial charge on any atom is 0.241 e. The van der Waals surface area contributed by atoms with E-state index in [-0.39, 0.29) is 10.8 Å². The number of primary amides is 1. The highest BCUT2D eigenvalue weighted by atomic mass is 16.1. The van der Waals surface area contributed by atoms with Crippen LogP contribution in [0.15, 0.2) is 42.7 Å². The van der Waals surface area contributed by atoms with Crippen LogP contribution in [0.3, 0.4) is 0 Å². The van der Waals surface area contributed by atoms with E-state index in [1.54, 1.807) is 6.08 Å². The number of carbonyl (C=O) groups is 1. The number of rotatable bonds is 3. The number of nitrogens with one attached hydrogen (secondary N) is 1. The van der Waals surface area contributed by atoms with Gasteiger partial charge in [0.2, 0.25) is 5.91 Å². The van der Waals surface area contributed by atoms with E-state index in [0.717, 1.165) is 27.7 Å². The van der Waals surface area contributed by atoms with Crippen molar-refractivity contribution < 1.29 is 4.79 Å². The molecule has 0 unspecified atom stereocenters. The minimum Gasteiger partial charge on any atom is -0.366 e. The SMILES string of the molecule is CC(C)(C)c1cc(-c2cnc3[nH]cc(/C=C/C(N)=O)c3c2)cc(C(C)(C)C)c1. The van der Waals surface area contributed by atoms with Crippen molar-refractivity contribution in [1.82, 2.24) is 9.97 Å². The Bertz CT molecular complexity index is 1030. The van der Waals surface area contributed by atoms with Crippen LogP contribution in [-0.2, 0) is 15.6 Å². The van der Waals surface area contributed by atoms with E-state index in [1.165, 1.54) is 17.2 Å². The predicted molar refractivity (Wildman–Crippen MR) is 117 cm³/mol. The standard InChI is InChI=1S/C24H29N3O/c1-23(2,3)18-9-16(10-19(12-18)24(4,5)6)17-11-20-15(7-8-21(25)28)13-26-22(20)27-14-17/h7-14H,1-6H3,(H2,25,28)(H,26,27)/b8-7+. The maximum absolute atomic E-state index is 11.1. The first-order chi connectivity index (χ1) is 12.9. The molecule has 1 amide bonds. The second-order valence-electron chi connectivity index (χ2n) is 9.40. The average Bonchev–Trinajstić information content (AvgIpc) is 3.00. The van der Waals surface area contributed by atoms with Gasteiger partial charge < -0.3 is 10.7 Å². The molecule has 4 heteroatoms. The molecule has 0 saturated heterocycles. The number of hydrogen-bond donors (Lipinski definition) is 2. The number of amides is 1. The fourth-order valence-corrected chi connectivity index (χ4v) is 3.15. The molecular weight excluding hydrogens is 346 g/mol. The van der Waals surface area contributed by atoms with E-state index in [1.807, 2.05) is 12.4 Å². The molecule has 0 fully saturated rings. The summed E-state index contributed by atoms with van der Waals surface area (Å²) in [5, 5.41) is 0.966. The molecule has 0 aliphatic carbocycles. The number of carbonyl (C=O) groups excluding carboxylic acids is 1. The first-order valence-corrected chi connectivity index (χ1v) is 9.56. The molecule has 0 atom stereocenters. The van der Waals surface area contributed by atoms with Crippen LogP contribution < -0.4 is 5.73 Å². The first kappa shape index (κ1) is 19.9. The van der Waals surface area contributed by atoms with Gasteiger partial charge in [0.1, 0.15) is 5.65 Å². The number of H-pyrrole nitrogens is 1. The Kier molecular flexibility index (Phi) is 4.92. The summed E-state index contributed by atoms with van der Waals surface area (Å²) < 4.78 is 0. The Morgan fingerprint density at radius 2 is 1.57 bits per heavy atom. The smallest absolute Gasteiger partial charge is 0.241 e. The molecule has 0 aliphatic rings. The molecule has 3 rings (SSSR count). The van der Waals surface area contributed by atoms with Crippen molar-refractivity contribution in [3.05, 3.63) is 59.4 Å². The summed E-state index contributed by atoms with van der Waals surface area (Å²) in [5.41, 5.74) is 11.8. The van der Waals surface area contributed by atoms with Gasteiger partial charge in [0, 0.05) is 35.0 Å². The number of aromatic amines is 1. The number of nitrogens with zero attached hydrogens (tertiary/aromatic N) is 1. The van der Waals surface area contributed by atoms with Crippen LogP contribution in [0.25, 0.3) is 28.2 Å². The molecule has 3 N–H and O–H groups in total. The van der Waals surface area contributed by atoms with Gasteiger partial charge in [-0.05, 0) is 39.7 Å². The lowest BCUT2D eigenvalue weighted by atomic mass is 9.79. The Balaban J connectivity index is 2.18. The van der Waals surface area contributed by atoms with E-state index in [9.17, 15) is 4.79 Å². The highest BCUT2D eigenvalue weighted by molar-refractivity contribution is 5.95. The molecule has 1 aromatic carbocycles. The fourth-order valence-electron chi connectivity index (χ4n) is 3.15. The molecule has 0 radical (unpaired) electrons. The van der Waals surface area contributed by atoms with Gasteiger partial charge in [-0.15, -0.1) is 0 Å². The quantitative estimate of drug-likeness (QED) is 0.608. The van der Waals surface area contributed by atoms with E-state index in [4.69, 9.17) is 5.73 Å². The van der Waals surface area contributed by atoms with Crippen LogP contribution in [0.4, 0.5) is 0 Å². The molecule has 0 aliphatic heterocycles. The zero-order chi connectivity index (χ0) is 20.7. The number of aromatic nitrogens is 2. The van der Waals surface area contributed by atoms with Crippen LogP contribution in [0, 0.1) is 0 Å². The third-order valence-electron chi connectivity index (χ3n) is 4.99. The van der Waals surface area contributed by atoms with Gasteiger partial charge in [-0.2, -0.15) is 0 Å². The molecule has 0 saturated carbocycles. The van der Waals surface area contributed by atoms with Crippen LogP contribution in [0.1, 0.15) is 58.2 Å². The van der Waals surface area contributed by atoms with Gasteiger partial charge in [0.15, 0.2) is 0 Å². The molecule has 28 heavy (non-hydrogen) atoms. The highest BCUT2D eigenvalue weighted by Gasteiger charge is 2.21. The van der Waals surface area contributed by atoms with E-state index < -0.39 is 5.91 Å². The van der Waals surface area contributed by atoms with Crippen molar-refractivity contribution in [2.75, 3.05) is 0 Å². The summed E-state index contributed by atoms with van der Waals surface area (Å²) in [4.78, 5) is 18.8. The largest absolute Gasteiger partial charge is 0.366 e. The van der Waals surface area contributed by atoms with E-state index in [0.29, 0.717) is 0 Å². The number of hydrogen-bond acceptors (Lipinski definition) is 2. The molecule has 0 bridgehead atoms. The molecule has 2 aromatic heterocycles. The van der Waals surface area contributed by atoms with Crippen LogP contribution in [0.2, 0.25) is 0 Å². The van der Waals surface area contributed by atoms with Gasteiger partial charge in [0.25, 0.3) is 0 Å². The fraction of sp³-hybridized carbons (Fsp3) is 0.333. The van der Waals surface area contributed by atoms with Crippen molar-refractivity contribution in [3.63, 3.8) is 0 Å². The molecule has 146 valence electrons. The van der Waals surface area contributed by atoms with E-state index >= 15 is 0 Å². The summed E-state index contributed by atoms with van der Waals surface area (Å²) in [7, 11) is 0. The number of fused-ring (bicyclic) bond motifs is 1. The van der Waals surface area contributed by atoms with Crippen LogP contribution in [0.5, 0.6) is 0 Å². The zero-order valence-corrected chi connectivity index (χ0v) is 17.6. The monoisotopic (exact) mass is 375 g/mol. The summed E-state index contributed by atoms with van der Waals surface area (Å²) in [6.07, 6.45) is 6.83. The number of pyridine rings is 1. The first-order valence-electron chi connectivity index (χ1n) is 9.56. The van der Waals surface area contributed by atoms with Gasteiger partial charge in [0.05, 0.1) is 0 Å². The van der Waals surface area contributed by atoms with Crippen molar-refractivity contribution in [3.8, 4) is 11.1 Å². The van der Waals surface area contributed by atoms with Crippen molar-refractivity contribution >= 4 is 23.0 Å². The lowest BCUT2D eigenvalue weighted by molar-refractivity contribution is -0.113. The zero-order valence-electron chi connectivity index (χ0n) is 17.6. The van der Waals surface area contributed by atoms with Crippen molar-refractivity contribution in [2.45, 2.75) is 52.4 Å². The summed E-state index contributed by atoms with van der Waals surface area (Å²) >= 11 is 0. The number of benzene rings is 1. The lowest BCUT2D eigenvalue weighted by Crippen LogP contribution is -2.16. The third kappa shape index (κ3) is 4.16. The second kappa shape index (κ2) is 6.93. The molecule has 2 heterocycles. The highest BCUT2D eigenvalue weighted by Crippen LogP contribution is 2.34. The second-order valence-corrected chi connectivity index (χ2v) is 9.40. The third-order valence-corrected chi connectivity index (χ3v) is 4.99. The van der Waals surface area contributed by atoms with Crippen LogP contribution in [-0.4, -0.2) is 15.9 Å². The molecular formula is C24H29N3O. The van der Waals surface area contributed by atoms with Crippen molar-refractivity contribution in [1.29, 1.82) is 0 Å². The lowest BCUT2D eigenvalue weighted by Gasteiger charge is -2.26. The van der Waals surface area contributed by atoms with Crippen LogP contribution >= 0.6 is 0 Å². The summed E-state index contributed by atoms with van der Waals surface area (Å²) in [6, 6.07) is 8.94. The Labute approximate surface area is 166 Å². The Hall–Kier alpha value is -2.88. The Morgan fingerprint density at radius 1 is 0.964 bits per heavy atom. The average molecular weight is 376 g/mol. The van der Waals surface area contributed by atoms with Crippen molar-refractivity contribution in [2.24, 2.45) is 5.73 Å². The predicted octanol–water partition coefficient (Wildman–Crippen LogP) is 5.32. The van der Waals surface area contributed by atoms with Gasteiger partial charge >= 0.3 is 0 Å². The minimum absolute atomic E-state index is 0.0526. The van der Waals surface area contributed by atoms with Gasteiger partial charge in [-0.25, -0.2) is 4.98 Å². The molecule has 3 aromatic rings. The Morgan fingerprint density at radius 3 is 2.11 bits per heavy atom. The summed E-state index contributed by atoms with van der Waals surface area (Å²) in [6.45, 7) is 13.4. The van der Waals surface area contributed by atoms with Gasteiger partial charge in [-0.3, -0.25) is 4.79 Å². The molecule has 4 nitrogen and oxygen atoms in total. The van der Waals surface area contributed by atoms with E-state index in [2.05, 4.69) is 75.8 Å². The summed E-state index contributed by atoms with van der Waals surface area (Å²) in [5.74, 6) is -0.467. The molecule has 0 spiro atoms.